The third kappa shape index (κ3) is 2.12. The summed E-state index contributed by atoms with van der Waals surface area (Å²) in [5.74, 6) is -0.102. The van der Waals surface area contributed by atoms with E-state index in [2.05, 4.69) is 9.97 Å². The highest BCUT2D eigenvalue weighted by molar-refractivity contribution is 7.15. The SMILES string of the molecule is O=C(c1cncc(-c2ccccc2)c1)c1ncn2ccsc12. The molecule has 106 valence electrons. The van der Waals surface area contributed by atoms with Crippen molar-refractivity contribution in [1.29, 1.82) is 0 Å². The number of nitrogens with zero attached hydrogens (tertiary/aromatic N) is 3. The van der Waals surface area contributed by atoms with Gasteiger partial charge in [-0.05, 0) is 11.6 Å². The Hall–Kier alpha value is -2.79. The summed E-state index contributed by atoms with van der Waals surface area (Å²) in [4.78, 5) is 22.0. The molecule has 3 aromatic heterocycles. The summed E-state index contributed by atoms with van der Waals surface area (Å²) in [6.07, 6.45) is 6.91. The highest BCUT2D eigenvalue weighted by Crippen LogP contribution is 2.22. The van der Waals surface area contributed by atoms with Gasteiger partial charge in [0.15, 0.2) is 0 Å². The molecule has 0 fully saturated rings. The Labute approximate surface area is 130 Å². The van der Waals surface area contributed by atoms with Crippen LogP contribution in [0.25, 0.3) is 16.0 Å². The van der Waals surface area contributed by atoms with Gasteiger partial charge in [0, 0.05) is 35.1 Å². The van der Waals surface area contributed by atoms with Crippen molar-refractivity contribution in [2.24, 2.45) is 0 Å². The third-order valence-electron chi connectivity index (χ3n) is 3.47. The molecule has 22 heavy (non-hydrogen) atoms. The molecule has 5 heteroatoms. The van der Waals surface area contributed by atoms with E-state index in [1.165, 1.54) is 11.3 Å². The fourth-order valence-electron chi connectivity index (χ4n) is 2.38. The summed E-state index contributed by atoms with van der Waals surface area (Å²) in [6.45, 7) is 0. The van der Waals surface area contributed by atoms with Crippen molar-refractivity contribution in [3.63, 3.8) is 0 Å². The monoisotopic (exact) mass is 305 g/mol. The van der Waals surface area contributed by atoms with Crippen LogP contribution < -0.4 is 0 Å². The van der Waals surface area contributed by atoms with Gasteiger partial charge in [-0.1, -0.05) is 30.3 Å². The molecule has 0 aliphatic carbocycles. The van der Waals surface area contributed by atoms with E-state index >= 15 is 0 Å². The van der Waals surface area contributed by atoms with Crippen LogP contribution in [0.4, 0.5) is 0 Å². The van der Waals surface area contributed by atoms with Crippen LogP contribution in [0.2, 0.25) is 0 Å². The molecular weight excluding hydrogens is 294 g/mol. The number of ketones is 1. The maximum atomic E-state index is 12.7. The van der Waals surface area contributed by atoms with Gasteiger partial charge < -0.3 is 0 Å². The van der Waals surface area contributed by atoms with Gasteiger partial charge in [0.25, 0.3) is 0 Å². The van der Waals surface area contributed by atoms with Crippen molar-refractivity contribution < 1.29 is 4.79 Å². The van der Waals surface area contributed by atoms with Gasteiger partial charge >= 0.3 is 0 Å². The van der Waals surface area contributed by atoms with E-state index in [0.717, 1.165) is 16.0 Å². The van der Waals surface area contributed by atoms with E-state index in [0.29, 0.717) is 11.3 Å². The van der Waals surface area contributed by atoms with Gasteiger partial charge in [0.2, 0.25) is 5.78 Å². The number of fused-ring (bicyclic) bond motifs is 1. The minimum atomic E-state index is -0.102. The zero-order chi connectivity index (χ0) is 14.9. The van der Waals surface area contributed by atoms with Crippen LogP contribution in [-0.2, 0) is 0 Å². The topological polar surface area (TPSA) is 47.3 Å². The first-order valence-electron chi connectivity index (χ1n) is 6.78. The molecule has 4 aromatic rings. The van der Waals surface area contributed by atoms with E-state index in [1.807, 2.05) is 52.4 Å². The predicted molar refractivity (Wildman–Crippen MR) is 86.2 cm³/mol. The molecule has 0 unspecified atom stereocenters. The van der Waals surface area contributed by atoms with Gasteiger partial charge in [-0.25, -0.2) is 4.98 Å². The Morgan fingerprint density at radius 1 is 1.09 bits per heavy atom. The van der Waals surface area contributed by atoms with E-state index < -0.39 is 0 Å². The van der Waals surface area contributed by atoms with E-state index in [1.54, 1.807) is 18.7 Å². The van der Waals surface area contributed by atoms with Crippen LogP contribution in [0.1, 0.15) is 16.1 Å². The van der Waals surface area contributed by atoms with Crippen LogP contribution in [0, 0.1) is 0 Å². The summed E-state index contributed by atoms with van der Waals surface area (Å²) < 4.78 is 1.85. The van der Waals surface area contributed by atoms with E-state index in [4.69, 9.17) is 0 Å². The number of aromatic nitrogens is 3. The number of hydrogen-bond donors (Lipinski definition) is 0. The summed E-state index contributed by atoms with van der Waals surface area (Å²) in [5.41, 5.74) is 2.99. The molecule has 0 radical (unpaired) electrons. The molecule has 0 atom stereocenters. The lowest BCUT2D eigenvalue weighted by atomic mass is 10.0. The molecule has 0 bridgehead atoms. The average Bonchev–Trinajstić information content (AvgIpc) is 3.18. The fraction of sp³-hybridized carbons (Fsp3) is 0. The Morgan fingerprint density at radius 3 is 2.82 bits per heavy atom. The molecule has 0 aliphatic heterocycles. The molecule has 4 rings (SSSR count). The van der Waals surface area contributed by atoms with Crippen LogP contribution in [-0.4, -0.2) is 20.2 Å². The Bertz CT molecular complexity index is 956. The quantitative estimate of drug-likeness (QED) is 0.542. The molecule has 0 saturated heterocycles. The number of pyridine rings is 1. The van der Waals surface area contributed by atoms with Gasteiger partial charge in [-0.3, -0.25) is 14.2 Å². The Kier molecular flexibility index (Phi) is 3.05. The number of imidazole rings is 1. The largest absolute Gasteiger partial charge is 0.296 e. The van der Waals surface area contributed by atoms with E-state index in [9.17, 15) is 4.79 Å². The first kappa shape index (κ1) is 12.9. The lowest BCUT2D eigenvalue weighted by Crippen LogP contribution is -2.03. The first-order chi connectivity index (χ1) is 10.8. The Morgan fingerprint density at radius 2 is 1.95 bits per heavy atom. The first-order valence-corrected chi connectivity index (χ1v) is 7.66. The normalized spacial score (nSPS) is 10.9. The molecule has 0 N–H and O–H groups in total. The maximum Gasteiger partial charge on any atom is 0.216 e. The fourth-order valence-corrected chi connectivity index (χ4v) is 3.19. The third-order valence-corrected chi connectivity index (χ3v) is 4.36. The predicted octanol–water partition coefficient (Wildman–Crippen LogP) is 3.69. The highest BCUT2D eigenvalue weighted by Gasteiger charge is 2.17. The summed E-state index contributed by atoms with van der Waals surface area (Å²) in [5, 5.41) is 1.94. The second-order valence-corrected chi connectivity index (χ2v) is 5.76. The summed E-state index contributed by atoms with van der Waals surface area (Å²) in [7, 11) is 0. The molecule has 0 spiro atoms. The van der Waals surface area contributed by atoms with Crippen LogP contribution in [0.3, 0.4) is 0 Å². The molecule has 4 nitrogen and oxygen atoms in total. The van der Waals surface area contributed by atoms with Crippen molar-refractivity contribution in [1.82, 2.24) is 14.4 Å². The maximum absolute atomic E-state index is 12.7. The zero-order valence-corrected chi connectivity index (χ0v) is 12.3. The molecule has 0 aliphatic rings. The second-order valence-electron chi connectivity index (χ2n) is 4.87. The second kappa shape index (κ2) is 5.20. The minimum Gasteiger partial charge on any atom is -0.296 e. The van der Waals surface area contributed by atoms with Crippen molar-refractivity contribution in [3.05, 3.63) is 78.0 Å². The van der Waals surface area contributed by atoms with Crippen LogP contribution >= 0.6 is 11.3 Å². The summed E-state index contributed by atoms with van der Waals surface area (Å²) >= 11 is 1.50. The lowest BCUT2D eigenvalue weighted by molar-refractivity contribution is 0.103. The number of thiazole rings is 1. The number of carbonyl (C=O) groups excluding carboxylic acids is 1. The van der Waals surface area contributed by atoms with Gasteiger partial charge in [0.1, 0.15) is 16.9 Å². The molecule has 0 saturated carbocycles. The summed E-state index contributed by atoms with van der Waals surface area (Å²) in [6, 6.07) is 11.8. The van der Waals surface area contributed by atoms with Crippen LogP contribution in [0.5, 0.6) is 0 Å². The Balaban J connectivity index is 1.77. The molecule has 1 aromatic carbocycles. The lowest BCUT2D eigenvalue weighted by Gasteiger charge is -2.03. The highest BCUT2D eigenvalue weighted by atomic mass is 32.1. The van der Waals surface area contributed by atoms with Crippen molar-refractivity contribution in [3.8, 4) is 11.1 Å². The number of carbonyl (C=O) groups is 1. The molecular formula is C17H11N3OS. The van der Waals surface area contributed by atoms with Crippen molar-refractivity contribution >= 4 is 22.0 Å². The number of rotatable bonds is 3. The van der Waals surface area contributed by atoms with Gasteiger partial charge in [-0.2, -0.15) is 0 Å². The minimum absolute atomic E-state index is 0.102. The van der Waals surface area contributed by atoms with Crippen molar-refractivity contribution in [2.75, 3.05) is 0 Å². The van der Waals surface area contributed by atoms with Crippen molar-refractivity contribution in [2.45, 2.75) is 0 Å². The average molecular weight is 305 g/mol. The van der Waals surface area contributed by atoms with Crippen LogP contribution in [0.15, 0.2) is 66.7 Å². The molecule has 3 heterocycles. The van der Waals surface area contributed by atoms with E-state index in [-0.39, 0.29) is 5.78 Å². The number of benzene rings is 1. The van der Waals surface area contributed by atoms with Gasteiger partial charge in [-0.15, -0.1) is 11.3 Å². The zero-order valence-electron chi connectivity index (χ0n) is 11.5. The smallest absolute Gasteiger partial charge is 0.216 e. The number of hydrogen-bond acceptors (Lipinski definition) is 4. The standard InChI is InChI=1S/C17H11N3OS/c21-16(15-17-20(11-19-15)6-7-22-17)14-8-13(9-18-10-14)12-4-2-1-3-5-12/h1-11H. The molecule has 0 amide bonds. The van der Waals surface area contributed by atoms with Gasteiger partial charge in [0.05, 0.1) is 0 Å².